The fourth-order valence-corrected chi connectivity index (χ4v) is 4.75. The molecule has 3 aromatic carbocycles. The van der Waals surface area contributed by atoms with Crippen molar-refractivity contribution in [3.63, 3.8) is 0 Å². The number of hydrogen-bond donors (Lipinski definition) is 2. The van der Waals surface area contributed by atoms with E-state index in [4.69, 9.17) is 4.74 Å². The van der Waals surface area contributed by atoms with Crippen molar-refractivity contribution in [2.45, 2.75) is 24.3 Å². The van der Waals surface area contributed by atoms with Gasteiger partial charge in [0.15, 0.2) is 4.90 Å². The highest BCUT2D eigenvalue weighted by Crippen LogP contribution is 2.23. The highest BCUT2D eigenvalue weighted by Gasteiger charge is 2.30. The zero-order valence-corrected chi connectivity index (χ0v) is 21.0. The molecule has 0 aliphatic rings. The molecule has 1 atom stereocenters. The molecule has 0 radical (unpaired) electrons. The molecule has 11 nitrogen and oxygen atoms in total. The van der Waals surface area contributed by atoms with Gasteiger partial charge in [0.1, 0.15) is 11.8 Å². The lowest BCUT2D eigenvalue weighted by molar-refractivity contribution is -0.387. The third-order valence-electron chi connectivity index (χ3n) is 5.43. The van der Waals surface area contributed by atoms with Crippen LogP contribution in [-0.4, -0.2) is 45.0 Å². The molecule has 194 valence electrons. The van der Waals surface area contributed by atoms with Crippen LogP contribution in [0.3, 0.4) is 0 Å². The number of para-hydroxylation sites is 1. The largest absolute Gasteiger partial charge is 0.497 e. The highest BCUT2D eigenvalue weighted by atomic mass is 32.2. The number of carbonyl (C=O) groups excluding carboxylic acids is 2. The van der Waals surface area contributed by atoms with Crippen LogP contribution in [0.25, 0.3) is 0 Å². The molecule has 0 aromatic heterocycles. The van der Waals surface area contributed by atoms with Crippen LogP contribution in [0.4, 0.5) is 16.2 Å². The van der Waals surface area contributed by atoms with Gasteiger partial charge in [-0.2, -0.15) is 0 Å². The van der Waals surface area contributed by atoms with E-state index in [1.807, 2.05) is 0 Å². The number of benzene rings is 3. The Balaban J connectivity index is 1.87. The van der Waals surface area contributed by atoms with Gasteiger partial charge < -0.3 is 15.0 Å². The van der Waals surface area contributed by atoms with Crippen LogP contribution in [-0.2, 0) is 21.2 Å². The van der Waals surface area contributed by atoms with E-state index >= 15 is 0 Å². The summed E-state index contributed by atoms with van der Waals surface area (Å²) in [6.07, 6.45) is 0.0747. The van der Waals surface area contributed by atoms with Crippen molar-refractivity contribution in [1.82, 2.24) is 10.0 Å². The van der Waals surface area contributed by atoms with Gasteiger partial charge in [0.2, 0.25) is 5.91 Å². The van der Waals surface area contributed by atoms with Gasteiger partial charge in [-0.25, -0.2) is 17.9 Å². The molecule has 0 unspecified atom stereocenters. The fraction of sp³-hybridized carbons (Fsp3) is 0.200. The molecule has 0 aliphatic carbocycles. The Kier molecular flexibility index (Phi) is 8.80. The Bertz CT molecular complexity index is 1360. The summed E-state index contributed by atoms with van der Waals surface area (Å²) in [4.78, 5) is 37.5. The number of rotatable bonds is 10. The summed E-state index contributed by atoms with van der Waals surface area (Å²) < 4.78 is 32.5. The van der Waals surface area contributed by atoms with E-state index in [1.165, 1.54) is 24.1 Å². The SMILES string of the molecule is CCN(C(=O)[C@H](Cc1ccccc1)NC(=O)NS(=O)(=O)c1ccccc1[N+](=O)[O-])c1ccc(OC)cc1. The predicted octanol–water partition coefficient (Wildman–Crippen LogP) is 3.26. The van der Waals surface area contributed by atoms with Crippen molar-refractivity contribution >= 4 is 33.3 Å². The molecule has 0 saturated carbocycles. The maximum absolute atomic E-state index is 13.6. The normalized spacial score (nSPS) is 11.7. The van der Waals surface area contributed by atoms with Crippen molar-refractivity contribution in [1.29, 1.82) is 0 Å². The zero-order valence-electron chi connectivity index (χ0n) is 20.2. The molecule has 3 amide bonds. The summed E-state index contributed by atoms with van der Waals surface area (Å²) in [5, 5.41) is 13.7. The minimum atomic E-state index is -4.61. The van der Waals surface area contributed by atoms with E-state index in [9.17, 15) is 28.1 Å². The Morgan fingerprint density at radius 2 is 1.62 bits per heavy atom. The maximum atomic E-state index is 13.6. The molecule has 0 aliphatic heterocycles. The summed E-state index contributed by atoms with van der Waals surface area (Å²) in [5.41, 5.74) is 0.603. The number of nitrogens with one attached hydrogen (secondary N) is 2. The van der Waals surface area contributed by atoms with E-state index in [2.05, 4.69) is 5.32 Å². The number of likely N-dealkylation sites (N-methyl/N-ethyl adjacent to an activating group) is 1. The van der Waals surface area contributed by atoms with E-state index in [-0.39, 0.29) is 13.0 Å². The minimum Gasteiger partial charge on any atom is -0.497 e. The number of hydrogen-bond acceptors (Lipinski definition) is 7. The van der Waals surface area contributed by atoms with Crippen LogP contribution in [0.1, 0.15) is 12.5 Å². The number of urea groups is 1. The molecule has 0 bridgehead atoms. The number of methoxy groups -OCH3 is 1. The van der Waals surface area contributed by atoms with E-state index in [0.717, 1.165) is 17.7 Å². The molecule has 0 heterocycles. The van der Waals surface area contributed by atoms with Gasteiger partial charge >= 0.3 is 6.03 Å². The molecule has 2 N–H and O–H groups in total. The number of ether oxygens (including phenoxy) is 1. The second-order valence-electron chi connectivity index (χ2n) is 7.83. The second kappa shape index (κ2) is 12.0. The van der Waals surface area contributed by atoms with Gasteiger partial charge in [-0.15, -0.1) is 0 Å². The first kappa shape index (κ1) is 27.1. The van der Waals surface area contributed by atoms with Crippen molar-refractivity contribution in [2.24, 2.45) is 0 Å². The van der Waals surface area contributed by atoms with Crippen LogP contribution >= 0.6 is 0 Å². The number of amides is 3. The molecule has 0 saturated heterocycles. The summed E-state index contributed by atoms with van der Waals surface area (Å²) >= 11 is 0. The summed E-state index contributed by atoms with van der Waals surface area (Å²) in [6.45, 7) is 2.04. The van der Waals surface area contributed by atoms with Gasteiger partial charge in [0, 0.05) is 24.7 Å². The minimum absolute atomic E-state index is 0.0747. The van der Waals surface area contributed by atoms with Crippen LogP contribution in [0.15, 0.2) is 83.8 Å². The average molecular weight is 527 g/mol. The zero-order chi connectivity index (χ0) is 27.0. The van der Waals surface area contributed by atoms with Crippen molar-refractivity contribution in [2.75, 3.05) is 18.6 Å². The Morgan fingerprint density at radius 3 is 2.22 bits per heavy atom. The third kappa shape index (κ3) is 6.82. The lowest BCUT2D eigenvalue weighted by Crippen LogP contribution is -2.53. The fourth-order valence-electron chi connectivity index (χ4n) is 3.67. The van der Waals surface area contributed by atoms with Crippen LogP contribution < -0.4 is 19.7 Å². The molecule has 3 rings (SSSR count). The average Bonchev–Trinajstić information content (AvgIpc) is 2.89. The molecular weight excluding hydrogens is 500 g/mol. The second-order valence-corrected chi connectivity index (χ2v) is 9.48. The van der Waals surface area contributed by atoms with E-state index < -0.39 is 43.5 Å². The Labute approximate surface area is 214 Å². The van der Waals surface area contributed by atoms with Crippen LogP contribution in [0.5, 0.6) is 5.75 Å². The molecule has 0 fully saturated rings. The van der Waals surface area contributed by atoms with Crippen molar-refractivity contribution in [3.05, 3.63) is 94.5 Å². The topological polar surface area (TPSA) is 148 Å². The molecule has 0 spiro atoms. The number of nitro groups is 1. The molecule has 12 heteroatoms. The van der Waals surface area contributed by atoms with Gasteiger partial charge in [0.25, 0.3) is 15.7 Å². The van der Waals surface area contributed by atoms with Crippen LogP contribution in [0.2, 0.25) is 0 Å². The van der Waals surface area contributed by atoms with Crippen LogP contribution in [0, 0.1) is 10.1 Å². The quantitative estimate of drug-likeness (QED) is 0.304. The first-order chi connectivity index (χ1) is 17.7. The lowest BCUT2D eigenvalue weighted by Gasteiger charge is -2.27. The standard InChI is InChI=1S/C25H26N4O7S/c1-3-28(19-13-15-20(36-2)16-14-19)24(30)21(17-18-9-5-4-6-10-18)26-25(31)27-37(34,35)23-12-8-7-11-22(23)29(32)33/h4-16,21H,3,17H2,1-2H3,(H2,26,27,31)/t21-/m0/s1. The van der Waals surface area contributed by atoms with E-state index in [0.29, 0.717) is 11.4 Å². The summed E-state index contributed by atoms with van der Waals surface area (Å²) in [7, 11) is -3.09. The Morgan fingerprint density at radius 1 is 1.00 bits per heavy atom. The van der Waals surface area contributed by atoms with Gasteiger partial charge in [-0.1, -0.05) is 42.5 Å². The molecule has 3 aromatic rings. The number of sulfonamides is 1. The first-order valence-corrected chi connectivity index (χ1v) is 12.7. The number of carbonyl (C=O) groups is 2. The van der Waals surface area contributed by atoms with Gasteiger partial charge in [-0.05, 0) is 42.8 Å². The van der Waals surface area contributed by atoms with Crippen molar-refractivity contribution in [3.8, 4) is 5.75 Å². The third-order valence-corrected chi connectivity index (χ3v) is 6.81. The van der Waals surface area contributed by atoms with Crippen molar-refractivity contribution < 1.29 is 27.7 Å². The number of nitrogens with zero attached hydrogens (tertiary/aromatic N) is 2. The van der Waals surface area contributed by atoms with Gasteiger partial charge in [-0.3, -0.25) is 14.9 Å². The number of nitro benzene ring substituents is 1. The van der Waals surface area contributed by atoms with Gasteiger partial charge in [0.05, 0.1) is 12.0 Å². The monoisotopic (exact) mass is 526 g/mol. The first-order valence-electron chi connectivity index (χ1n) is 11.2. The highest BCUT2D eigenvalue weighted by molar-refractivity contribution is 7.90. The lowest BCUT2D eigenvalue weighted by atomic mass is 10.0. The summed E-state index contributed by atoms with van der Waals surface area (Å²) in [6, 6.07) is 18.0. The smallest absolute Gasteiger partial charge is 0.329 e. The summed E-state index contributed by atoms with van der Waals surface area (Å²) in [5.74, 6) is 0.126. The maximum Gasteiger partial charge on any atom is 0.329 e. The molecular formula is C25H26N4O7S. The Hall–Kier alpha value is -4.45. The number of anilines is 1. The predicted molar refractivity (Wildman–Crippen MR) is 137 cm³/mol. The molecule has 37 heavy (non-hydrogen) atoms. The van der Waals surface area contributed by atoms with E-state index in [1.54, 1.807) is 66.2 Å².